The van der Waals surface area contributed by atoms with Gasteiger partial charge in [-0.3, -0.25) is 14.9 Å². The number of benzene rings is 1. The summed E-state index contributed by atoms with van der Waals surface area (Å²) in [7, 11) is 0. The average Bonchev–Trinajstić information content (AvgIpc) is 3.29. The molecule has 6 nitrogen and oxygen atoms in total. The molecule has 1 aliphatic heterocycles. The van der Waals surface area contributed by atoms with E-state index in [0.29, 0.717) is 41.7 Å². The van der Waals surface area contributed by atoms with E-state index in [4.69, 9.17) is 28.9 Å². The number of rotatable bonds is 5. The summed E-state index contributed by atoms with van der Waals surface area (Å²) < 4.78 is 0. The van der Waals surface area contributed by atoms with Crippen molar-refractivity contribution in [3.05, 3.63) is 69.6 Å². The number of fused-ring (bicyclic) bond motifs is 1. The van der Waals surface area contributed by atoms with Gasteiger partial charge in [-0.2, -0.15) is 5.10 Å². The van der Waals surface area contributed by atoms with E-state index in [0.717, 1.165) is 22.5 Å². The van der Waals surface area contributed by atoms with Crippen LogP contribution < -0.4 is 5.73 Å². The number of nitrogens with two attached hydrogens (primary N) is 1. The van der Waals surface area contributed by atoms with Crippen LogP contribution >= 0.6 is 23.2 Å². The van der Waals surface area contributed by atoms with Crippen molar-refractivity contribution >= 4 is 29.1 Å². The first kappa shape index (κ1) is 21.3. The number of hydrogen-bond donors (Lipinski definition) is 2. The minimum Gasteiger partial charge on any atom is -0.332 e. The number of pyridine rings is 1. The number of H-pyrrole nitrogens is 1. The average molecular weight is 432 g/mol. The third-order valence-corrected chi connectivity index (χ3v) is 5.84. The number of nitrogens with zero attached hydrogens (tertiary/aromatic N) is 3. The van der Waals surface area contributed by atoms with Crippen molar-refractivity contribution in [2.45, 2.75) is 32.9 Å². The molecule has 0 aliphatic carbocycles. The molecule has 0 spiro atoms. The Morgan fingerprint density at radius 2 is 2.07 bits per heavy atom. The fraction of sp³-hybridized carbons (Fsp3) is 0.286. The highest BCUT2D eigenvalue weighted by molar-refractivity contribution is 6.42. The van der Waals surface area contributed by atoms with Gasteiger partial charge in [0.15, 0.2) is 0 Å². The van der Waals surface area contributed by atoms with E-state index in [1.165, 1.54) is 0 Å². The quantitative estimate of drug-likeness (QED) is 0.626. The molecule has 1 unspecified atom stereocenters. The van der Waals surface area contributed by atoms with E-state index in [1.807, 2.05) is 18.2 Å². The summed E-state index contributed by atoms with van der Waals surface area (Å²) in [4.78, 5) is 19.3. The van der Waals surface area contributed by atoms with E-state index in [-0.39, 0.29) is 13.3 Å². The lowest BCUT2D eigenvalue weighted by Gasteiger charge is -2.24. The van der Waals surface area contributed by atoms with Crippen LogP contribution in [-0.2, 0) is 17.9 Å². The molecule has 152 valence electrons. The topological polar surface area (TPSA) is 87.9 Å². The first-order valence-electron chi connectivity index (χ1n) is 8.99. The number of nitrogens with one attached hydrogen (secondary N) is 1. The zero-order valence-corrected chi connectivity index (χ0v) is 16.5. The Hall–Kier alpha value is -2.41. The molecule has 3 heterocycles. The lowest BCUT2D eigenvalue weighted by Crippen LogP contribution is -2.32. The maximum atomic E-state index is 13.3. The van der Waals surface area contributed by atoms with Crippen LogP contribution in [-0.4, -0.2) is 32.5 Å². The van der Waals surface area contributed by atoms with Crippen molar-refractivity contribution in [2.24, 2.45) is 5.73 Å². The number of hydrogen-bond acceptors (Lipinski definition) is 4. The lowest BCUT2D eigenvalue weighted by atomic mass is 9.94. The first-order chi connectivity index (χ1) is 13.6. The normalized spacial score (nSPS) is 13.7. The number of carbonyl (C=O) groups excluding carboxylic acids is 1. The van der Waals surface area contributed by atoms with E-state index in [2.05, 4.69) is 15.2 Å². The van der Waals surface area contributed by atoms with Gasteiger partial charge < -0.3 is 10.6 Å². The minimum absolute atomic E-state index is 0. The van der Waals surface area contributed by atoms with Crippen LogP contribution in [0.25, 0.3) is 11.3 Å². The number of carbonyl (C=O) groups is 1. The molecule has 29 heavy (non-hydrogen) atoms. The largest absolute Gasteiger partial charge is 0.332 e. The van der Waals surface area contributed by atoms with Crippen LogP contribution in [0.2, 0.25) is 10.0 Å². The summed E-state index contributed by atoms with van der Waals surface area (Å²) in [6.45, 7) is 1.33. The SMILES string of the molecule is C.NCCC(C(=O)N1Cc2[nH]nc(-c3cccnc3)c2C1)c1cccc(Cl)c1Cl. The van der Waals surface area contributed by atoms with E-state index >= 15 is 0 Å². The van der Waals surface area contributed by atoms with Gasteiger partial charge in [0.05, 0.1) is 40.4 Å². The first-order valence-corrected chi connectivity index (χ1v) is 9.75. The molecular formula is C21H23Cl2N5O. The lowest BCUT2D eigenvalue weighted by molar-refractivity contribution is -0.133. The molecular weight excluding hydrogens is 409 g/mol. The predicted molar refractivity (Wildman–Crippen MR) is 116 cm³/mol. The van der Waals surface area contributed by atoms with Crippen LogP contribution in [0.3, 0.4) is 0 Å². The van der Waals surface area contributed by atoms with Gasteiger partial charge in [0.2, 0.25) is 5.91 Å². The number of amides is 1. The molecule has 1 atom stereocenters. The Bertz CT molecular complexity index is 1010. The molecule has 0 fully saturated rings. The maximum absolute atomic E-state index is 13.3. The Balaban J connectivity index is 0.00000240. The molecule has 3 N–H and O–H groups in total. The molecule has 2 aromatic heterocycles. The van der Waals surface area contributed by atoms with Crippen molar-refractivity contribution in [1.29, 1.82) is 0 Å². The molecule has 3 aromatic rings. The standard InChI is InChI=1S/C20H19Cl2N5O.CH4/c21-16-5-1-4-13(18(16)22)14(6-7-23)20(28)27-10-15-17(11-27)25-26-19(15)12-3-2-8-24-9-12;/h1-5,8-9,14H,6-7,10-11,23H2,(H,25,26);1H4. The smallest absolute Gasteiger partial charge is 0.230 e. The van der Waals surface area contributed by atoms with Gasteiger partial charge in [0.1, 0.15) is 0 Å². The second-order valence-corrected chi connectivity index (χ2v) is 7.52. The molecule has 0 radical (unpaired) electrons. The highest BCUT2D eigenvalue weighted by Gasteiger charge is 2.33. The van der Waals surface area contributed by atoms with Gasteiger partial charge in [0.25, 0.3) is 0 Å². The second-order valence-electron chi connectivity index (χ2n) is 6.74. The molecule has 0 saturated carbocycles. The third-order valence-electron chi connectivity index (χ3n) is 5.01. The molecule has 1 amide bonds. The van der Waals surface area contributed by atoms with E-state index < -0.39 is 5.92 Å². The third kappa shape index (κ3) is 4.01. The van der Waals surface area contributed by atoms with Crippen LogP contribution in [0.1, 0.15) is 36.6 Å². The number of halogens is 2. The van der Waals surface area contributed by atoms with Gasteiger partial charge in [-0.05, 0) is 36.7 Å². The Morgan fingerprint density at radius 1 is 1.24 bits per heavy atom. The summed E-state index contributed by atoms with van der Waals surface area (Å²) >= 11 is 12.5. The molecule has 1 aromatic carbocycles. The fourth-order valence-electron chi connectivity index (χ4n) is 3.63. The van der Waals surface area contributed by atoms with Crippen LogP contribution in [0.5, 0.6) is 0 Å². The van der Waals surface area contributed by atoms with Crippen molar-refractivity contribution in [1.82, 2.24) is 20.1 Å². The van der Waals surface area contributed by atoms with Crippen molar-refractivity contribution < 1.29 is 4.79 Å². The molecule has 1 aliphatic rings. The molecule has 8 heteroatoms. The monoisotopic (exact) mass is 431 g/mol. The molecule has 4 rings (SSSR count). The Kier molecular flexibility index (Phi) is 6.57. The Morgan fingerprint density at radius 3 is 2.79 bits per heavy atom. The summed E-state index contributed by atoms with van der Waals surface area (Å²) in [6.07, 6.45) is 3.99. The number of aromatic amines is 1. The predicted octanol–water partition coefficient (Wildman–Crippen LogP) is 4.39. The van der Waals surface area contributed by atoms with E-state index in [9.17, 15) is 4.79 Å². The van der Waals surface area contributed by atoms with Gasteiger partial charge in [-0.1, -0.05) is 42.8 Å². The highest BCUT2D eigenvalue weighted by atomic mass is 35.5. The summed E-state index contributed by atoms with van der Waals surface area (Å²) in [5, 5.41) is 8.31. The van der Waals surface area contributed by atoms with Crippen molar-refractivity contribution in [3.8, 4) is 11.3 Å². The van der Waals surface area contributed by atoms with Crippen LogP contribution in [0.4, 0.5) is 0 Å². The van der Waals surface area contributed by atoms with E-state index in [1.54, 1.807) is 29.4 Å². The summed E-state index contributed by atoms with van der Waals surface area (Å²) in [5.74, 6) is -0.452. The number of aromatic nitrogens is 3. The minimum atomic E-state index is -0.435. The zero-order chi connectivity index (χ0) is 19.7. The van der Waals surface area contributed by atoms with Crippen LogP contribution in [0, 0.1) is 0 Å². The van der Waals surface area contributed by atoms with Crippen molar-refractivity contribution in [3.63, 3.8) is 0 Å². The van der Waals surface area contributed by atoms with Gasteiger partial charge in [-0.25, -0.2) is 0 Å². The highest BCUT2D eigenvalue weighted by Crippen LogP contribution is 2.36. The molecule has 0 saturated heterocycles. The second kappa shape index (κ2) is 8.95. The summed E-state index contributed by atoms with van der Waals surface area (Å²) in [5.41, 5.74) is 10.2. The van der Waals surface area contributed by atoms with Gasteiger partial charge in [-0.15, -0.1) is 0 Å². The van der Waals surface area contributed by atoms with Crippen molar-refractivity contribution in [2.75, 3.05) is 6.54 Å². The zero-order valence-electron chi connectivity index (χ0n) is 15.0. The maximum Gasteiger partial charge on any atom is 0.230 e. The Labute approximate surface area is 180 Å². The van der Waals surface area contributed by atoms with Crippen LogP contribution in [0.15, 0.2) is 42.7 Å². The van der Waals surface area contributed by atoms with Gasteiger partial charge in [0, 0.05) is 23.5 Å². The summed E-state index contributed by atoms with van der Waals surface area (Å²) in [6, 6.07) is 9.18. The van der Waals surface area contributed by atoms with Gasteiger partial charge >= 0.3 is 0 Å². The molecule has 0 bridgehead atoms. The fourth-order valence-corrected chi connectivity index (χ4v) is 4.07.